The van der Waals surface area contributed by atoms with Crippen LogP contribution in [-0.4, -0.2) is 51.7 Å². The molecule has 0 saturated heterocycles. The van der Waals surface area contributed by atoms with Crippen molar-refractivity contribution in [2.24, 2.45) is 0 Å². The number of carbonyl (C=O) groups is 3. The summed E-state index contributed by atoms with van der Waals surface area (Å²) in [7, 11) is 2.70. The number of aromatic nitrogens is 3. The minimum atomic E-state index is -4.87. The van der Waals surface area contributed by atoms with E-state index in [2.05, 4.69) is 25.6 Å². The fourth-order valence-corrected chi connectivity index (χ4v) is 4.25. The normalized spacial score (nSPS) is 12.1. The van der Waals surface area contributed by atoms with E-state index < -0.39 is 46.1 Å². The van der Waals surface area contributed by atoms with Gasteiger partial charge in [0.25, 0.3) is 17.7 Å². The summed E-state index contributed by atoms with van der Waals surface area (Å²) in [6.07, 6.45) is -2.60. The first kappa shape index (κ1) is 28.1. The standard InChI is InChI=1S/C21H18Cl2F3N7O3S/c1-8(31-18(35)15-14(23)16(27)30-7-29-15)19-28-6-12(37-19)17(34)32-9-4-10(20(36)33(2)3)13(22)11(5-9)21(24,25)26/h4-8H,1-3H3,(H,31,35)(H,32,34)(H2,27,29,30). The third kappa shape index (κ3) is 6.26. The second-order valence-corrected chi connectivity index (χ2v) is 9.53. The summed E-state index contributed by atoms with van der Waals surface area (Å²) in [6.45, 7) is 1.59. The van der Waals surface area contributed by atoms with E-state index in [1.807, 2.05) is 0 Å². The number of alkyl halides is 3. The zero-order chi connectivity index (χ0) is 27.7. The highest BCUT2D eigenvalue weighted by molar-refractivity contribution is 7.13. The summed E-state index contributed by atoms with van der Waals surface area (Å²) in [6, 6.07) is 0.997. The number of anilines is 2. The second-order valence-electron chi connectivity index (χ2n) is 7.72. The molecule has 1 aromatic carbocycles. The molecule has 37 heavy (non-hydrogen) atoms. The van der Waals surface area contributed by atoms with Gasteiger partial charge in [0.15, 0.2) is 5.69 Å². The molecule has 0 saturated carbocycles. The number of nitrogens with one attached hydrogen (secondary N) is 2. The second kappa shape index (κ2) is 10.9. The highest BCUT2D eigenvalue weighted by Crippen LogP contribution is 2.39. The molecule has 10 nitrogen and oxygen atoms in total. The van der Waals surface area contributed by atoms with Crippen LogP contribution in [0.25, 0.3) is 0 Å². The molecule has 0 spiro atoms. The minimum absolute atomic E-state index is 0.0319. The average molecular weight is 576 g/mol. The predicted molar refractivity (Wildman–Crippen MR) is 132 cm³/mol. The number of amides is 3. The third-order valence-corrected chi connectivity index (χ3v) is 6.73. The maximum atomic E-state index is 13.5. The summed E-state index contributed by atoms with van der Waals surface area (Å²) in [5.41, 5.74) is 3.43. The van der Waals surface area contributed by atoms with E-state index in [0.717, 1.165) is 28.6 Å². The van der Waals surface area contributed by atoms with Crippen molar-refractivity contribution in [2.45, 2.75) is 19.1 Å². The summed E-state index contributed by atoms with van der Waals surface area (Å²) < 4.78 is 40.5. The molecule has 16 heteroatoms. The van der Waals surface area contributed by atoms with Crippen LogP contribution >= 0.6 is 34.5 Å². The monoisotopic (exact) mass is 575 g/mol. The van der Waals surface area contributed by atoms with Crippen LogP contribution in [0.5, 0.6) is 0 Å². The molecule has 3 aromatic rings. The van der Waals surface area contributed by atoms with Crippen molar-refractivity contribution in [1.29, 1.82) is 0 Å². The number of nitrogens with two attached hydrogens (primary N) is 1. The van der Waals surface area contributed by atoms with Crippen LogP contribution < -0.4 is 16.4 Å². The lowest BCUT2D eigenvalue weighted by Crippen LogP contribution is -2.28. The molecule has 0 fully saturated rings. The number of nitrogens with zero attached hydrogens (tertiary/aromatic N) is 4. The SMILES string of the molecule is CC(NC(=O)c1ncnc(N)c1Cl)c1ncc(C(=O)Nc2cc(C(=O)N(C)C)c(Cl)c(C(F)(F)F)c2)s1. The average Bonchev–Trinajstić information content (AvgIpc) is 3.31. The highest BCUT2D eigenvalue weighted by Gasteiger charge is 2.36. The Bertz CT molecular complexity index is 1380. The van der Waals surface area contributed by atoms with E-state index in [1.54, 1.807) is 6.92 Å². The lowest BCUT2D eigenvalue weighted by atomic mass is 10.1. The number of nitrogen functional groups attached to an aromatic ring is 1. The van der Waals surface area contributed by atoms with Gasteiger partial charge in [-0.15, -0.1) is 11.3 Å². The van der Waals surface area contributed by atoms with Gasteiger partial charge in [-0.25, -0.2) is 15.0 Å². The summed E-state index contributed by atoms with van der Waals surface area (Å²) in [5.74, 6) is -2.30. The maximum Gasteiger partial charge on any atom is 0.417 e. The van der Waals surface area contributed by atoms with Crippen molar-refractivity contribution in [2.75, 3.05) is 25.1 Å². The van der Waals surface area contributed by atoms with Crippen LogP contribution in [-0.2, 0) is 6.18 Å². The molecule has 3 amide bonds. The Balaban J connectivity index is 1.81. The van der Waals surface area contributed by atoms with Gasteiger partial charge in [0.05, 0.1) is 28.4 Å². The molecule has 2 aromatic heterocycles. The number of benzene rings is 1. The molecule has 0 aliphatic heterocycles. The van der Waals surface area contributed by atoms with Gasteiger partial charge in [0, 0.05) is 19.8 Å². The first-order valence-corrected chi connectivity index (χ1v) is 11.7. The fraction of sp³-hybridized carbons (Fsp3) is 0.238. The van der Waals surface area contributed by atoms with E-state index in [0.29, 0.717) is 11.1 Å². The Hall–Kier alpha value is -3.49. The molecule has 4 N–H and O–H groups in total. The van der Waals surface area contributed by atoms with Crippen LogP contribution in [0.15, 0.2) is 24.7 Å². The predicted octanol–water partition coefficient (Wildman–Crippen LogP) is 4.29. The molecule has 1 atom stereocenters. The van der Waals surface area contributed by atoms with Gasteiger partial charge in [-0.3, -0.25) is 14.4 Å². The third-order valence-electron chi connectivity index (χ3n) is 4.77. The lowest BCUT2D eigenvalue weighted by Gasteiger charge is -2.17. The van der Waals surface area contributed by atoms with Crippen LogP contribution in [0, 0.1) is 0 Å². The smallest absolute Gasteiger partial charge is 0.382 e. The Morgan fingerprint density at radius 2 is 1.76 bits per heavy atom. The minimum Gasteiger partial charge on any atom is -0.382 e. The zero-order valence-corrected chi connectivity index (χ0v) is 21.6. The van der Waals surface area contributed by atoms with Gasteiger partial charge in [-0.2, -0.15) is 13.2 Å². The number of halogens is 5. The summed E-state index contributed by atoms with van der Waals surface area (Å²) >= 11 is 12.7. The van der Waals surface area contributed by atoms with E-state index in [1.165, 1.54) is 20.3 Å². The maximum absolute atomic E-state index is 13.5. The number of carbonyl (C=O) groups excluding carboxylic acids is 3. The molecule has 2 heterocycles. The number of thiazole rings is 1. The summed E-state index contributed by atoms with van der Waals surface area (Å²) in [5, 5.41) is 4.35. The number of hydrogen-bond acceptors (Lipinski definition) is 8. The van der Waals surface area contributed by atoms with Crippen molar-refractivity contribution < 1.29 is 27.6 Å². The molecular formula is C21H18Cl2F3N7O3S. The van der Waals surface area contributed by atoms with Crippen molar-refractivity contribution in [3.63, 3.8) is 0 Å². The Morgan fingerprint density at radius 1 is 1.08 bits per heavy atom. The van der Waals surface area contributed by atoms with E-state index in [4.69, 9.17) is 28.9 Å². The summed E-state index contributed by atoms with van der Waals surface area (Å²) in [4.78, 5) is 50.2. The van der Waals surface area contributed by atoms with Crippen LogP contribution in [0.3, 0.4) is 0 Å². The topological polar surface area (TPSA) is 143 Å². The molecule has 0 bridgehead atoms. The van der Waals surface area contributed by atoms with Gasteiger partial charge in [0.2, 0.25) is 0 Å². The van der Waals surface area contributed by atoms with Crippen LogP contribution in [0.1, 0.15) is 54.1 Å². The molecule has 0 radical (unpaired) electrons. The number of hydrogen-bond donors (Lipinski definition) is 3. The largest absolute Gasteiger partial charge is 0.417 e. The van der Waals surface area contributed by atoms with Crippen LogP contribution in [0.2, 0.25) is 10.0 Å². The van der Waals surface area contributed by atoms with Gasteiger partial charge < -0.3 is 21.3 Å². The Kier molecular flexibility index (Phi) is 8.25. The van der Waals surface area contributed by atoms with Gasteiger partial charge in [-0.05, 0) is 19.1 Å². The van der Waals surface area contributed by atoms with Crippen molar-refractivity contribution >= 4 is 63.8 Å². The Labute approximate surface area is 222 Å². The number of rotatable bonds is 6. The molecule has 0 aliphatic rings. The van der Waals surface area contributed by atoms with Gasteiger partial charge in [0.1, 0.15) is 27.1 Å². The van der Waals surface area contributed by atoms with Crippen LogP contribution in [0.4, 0.5) is 24.7 Å². The van der Waals surface area contributed by atoms with Crippen molar-refractivity contribution in [1.82, 2.24) is 25.2 Å². The first-order chi connectivity index (χ1) is 17.2. The van der Waals surface area contributed by atoms with Crippen molar-refractivity contribution in [3.05, 3.63) is 61.4 Å². The Morgan fingerprint density at radius 3 is 2.38 bits per heavy atom. The van der Waals surface area contributed by atoms with E-state index in [-0.39, 0.29) is 27.1 Å². The van der Waals surface area contributed by atoms with Crippen molar-refractivity contribution in [3.8, 4) is 0 Å². The van der Waals surface area contributed by atoms with E-state index >= 15 is 0 Å². The molecular weight excluding hydrogens is 558 g/mol. The molecule has 3 rings (SSSR count). The highest BCUT2D eigenvalue weighted by atomic mass is 35.5. The first-order valence-electron chi connectivity index (χ1n) is 10.2. The van der Waals surface area contributed by atoms with E-state index in [9.17, 15) is 27.6 Å². The fourth-order valence-electron chi connectivity index (χ4n) is 2.95. The molecule has 1 unspecified atom stereocenters. The molecule has 196 valence electrons. The van der Waals surface area contributed by atoms with Gasteiger partial charge in [-0.1, -0.05) is 23.2 Å². The zero-order valence-electron chi connectivity index (χ0n) is 19.3. The molecule has 0 aliphatic carbocycles. The lowest BCUT2D eigenvalue weighted by molar-refractivity contribution is -0.137. The quantitative estimate of drug-likeness (QED) is 0.397. The van der Waals surface area contributed by atoms with Gasteiger partial charge >= 0.3 is 6.18 Å².